The molecule has 0 fully saturated rings. The van der Waals surface area contributed by atoms with Gasteiger partial charge in [0.05, 0.1) is 4.90 Å². The number of hydrogen-bond acceptors (Lipinski definition) is 4. The lowest BCUT2D eigenvalue weighted by molar-refractivity contribution is -0.122. The van der Waals surface area contributed by atoms with Gasteiger partial charge in [-0.15, -0.1) is 0 Å². The van der Waals surface area contributed by atoms with Crippen LogP contribution in [0, 0.1) is 0 Å². The van der Waals surface area contributed by atoms with E-state index in [2.05, 4.69) is 22.9 Å². The lowest BCUT2D eigenvalue weighted by atomic mass is 10.1. The maximum atomic E-state index is 12.1. The predicted molar refractivity (Wildman–Crippen MR) is 118 cm³/mol. The molecule has 0 radical (unpaired) electrons. The first kappa shape index (κ1) is 25.2. The third kappa shape index (κ3) is 9.58. The van der Waals surface area contributed by atoms with E-state index in [4.69, 9.17) is 52.2 Å². The summed E-state index contributed by atoms with van der Waals surface area (Å²) in [7, 11) is -3.79. The summed E-state index contributed by atoms with van der Waals surface area (Å²) in [5, 5.41) is 13.3. The number of halogens is 3. The number of primary sulfonamides is 1. The molecular formula is C16H23Cl3N4O3S2. The van der Waals surface area contributed by atoms with Crippen LogP contribution in [-0.2, 0) is 14.8 Å². The van der Waals surface area contributed by atoms with Crippen LogP contribution in [0.1, 0.15) is 39.0 Å². The Kier molecular flexibility index (Phi) is 10.2. The topological polar surface area (TPSA) is 113 Å². The van der Waals surface area contributed by atoms with Gasteiger partial charge in [0.2, 0.25) is 19.7 Å². The van der Waals surface area contributed by atoms with Gasteiger partial charge in [-0.1, -0.05) is 61.0 Å². The average Bonchev–Trinajstić information content (AvgIpc) is 2.57. The zero-order chi connectivity index (χ0) is 21.4. The smallest absolute Gasteiger partial charge is 0.238 e. The predicted octanol–water partition coefficient (Wildman–Crippen LogP) is 3.40. The van der Waals surface area contributed by atoms with E-state index in [1.807, 2.05) is 0 Å². The van der Waals surface area contributed by atoms with Gasteiger partial charge in [-0.3, -0.25) is 4.79 Å². The van der Waals surface area contributed by atoms with Crippen LogP contribution >= 0.6 is 47.0 Å². The number of sulfonamides is 1. The van der Waals surface area contributed by atoms with Crippen LogP contribution in [0.25, 0.3) is 0 Å². The van der Waals surface area contributed by atoms with Gasteiger partial charge in [-0.2, -0.15) is 0 Å². The Morgan fingerprint density at radius 3 is 2.25 bits per heavy atom. The van der Waals surface area contributed by atoms with Gasteiger partial charge in [0.1, 0.15) is 6.17 Å². The lowest BCUT2D eigenvalue weighted by Gasteiger charge is -2.27. The van der Waals surface area contributed by atoms with Crippen molar-refractivity contribution in [1.29, 1.82) is 0 Å². The molecule has 0 unspecified atom stereocenters. The van der Waals surface area contributed by atoms with Crippen LogP contribution < -0.4 is 21.1 Å². The molecular weight excluding hydrogens is 467 g/mol. The summed E-state index contributed by atoms with van der Waals surface area (Å²) < 4.78 is 20.7. The minimum absolute atomic E-state index is 0.0357. The number of anilines is 1. The fourth-order valence-corrected chi connectivity index (χ4v) is 3.25. The van der Waals surface area contributed by atoms with Gasteiger partial charge in [0, 0.05) is 12.1 Å². The van der Waals surface area contributed by atoms with Crippen LogP contribution in [0.4, 0.5) is 5.69 Å². The summed E-state index contributed by atoms with van der Waals surface area (Å²) in [6.07, 6.45) is 3.07. The van der Waals surface area contributed by atoms with E-state index < -0.39 is 20.0 Å². The van der Waals surface area contributed by atoms with Crippen molar-refractivity contribution in [2.24, 2.45) is 5.14 Å². The first-order valence-electron chi connectivity index (χ1n) is 8.50. The first-order valence-corrected chi connectivity index (χ1v) is 11.6. The minimum Gasteiger partial charge on any atom is -0.339 e. The van der Waals surface area contributed by atoms with E-state index in [0.29, 0.717) is 12.1 Å². The molecule has 0 aliphatic heterocycles. The highest BCUT2D eigenvalue weighted by atomic mass is 35.6. The van der Waals surface area contributed by atoms with Crippen molar-refractivity contribution >= 4 is 73.8 Å². The third-order valence-corrected chi connectivity index (χ3v) is 5.41. The average molecular weight is 490 g/mol. The fourth-order valence-electron chi connectivity index (χ4n) is 2.17. The first-order chi connectivity index (χ1) is 12.9. The van der Waals surface area contributed by atoms with Crippen molar-refractivity contribution in [1.82, 2.24) is 10.6 Å². The molecule has 1 atom stereocenters. The third-order valence-electron chi connectivity index (χ3n) is 3.61. The molecule has 0 aromatic heterocycles. The van der Waals surface area contributed by atoms with Crippen LogP contribution in [0.3, 0.4) is 0 Å². The number of nitrogens with one attached hydrogen (secondary N) is 3. The maximum absolute atomic E-state index is 12.1. The van der Waals surface area contributed by atoms with Crippen molar-refractivity contribution in [3.8, 4) is 0 Å². The highest BCUT2D eigenvalue weighted by Crippen LogP contribution is 2.29. The SMILES string of the molecule is CCCCCCC(=O)N[C@H](NC(=S)Nc1ccc(S(N)(=O)=O)cc1)C(Cl)(Cl)Cl. The molecule has 0 bridgehead atoms. The molecule has 0 aliphatic rings. The molecule has 0 heterocycles. The van der Waals surface area contributed by atoms with Gasteiger partial charge in [0.15, 0.2) is 5.11 Å². The molecule has 0 spiro atoms. The maximum Gasteiger partial charge on any atom is 0.238 e. The summed E-state index contributed by atoms with van der Waals surface area (Å²) in [5.41, 5.74) is 0.485. The zero-order valence-corrected chi connectivity index (χ0v) is 19.1. The number of nitrogens with two attached hydrogens (primary N) is 1. The second kappa shape index (κ2) is 11.4. The second-order valence-corrected chi connectivity index (χ2v) is 10.4. The molecule has 5 N–H and O–H groups in total. The number of carbonyl (C=O) groups is 1. The van der Waals surface area contributed by atoms with Gasteiger partial charge >= 0.3 is 0 Å². The van der Waals surface area contributed by atoms with E-state index in [9.17, 15) is 13.2 Å². The monoisotopic (exact) mass is 488 g/mol. The molecule has 0 saturated heterocycles. The van der Waals surface area contributed by atoms with Gasteiger partial charge in [-0.05, 0) is 42.9 Å². The van der Waals surface area contributed by atoms with E-state index >= 15 is 0 Å². The molecule has 1 aromatic carbocycles. The Morgan fingerprint density at radius 1 is 1.14 bits per heavy atom. The Hall–Kier alpha value is -0.840. The number of alkyl halides is 3. The Bertz CT molecular complexity index is 768. The normalized spacial score (nSPS) is 12.9. The van der Waals surface area contributed by atoms with Crippen molar-refractivity contribution in [3.05, 3.63) is 24.3 Å². The number of amides is 1. The van der Waals surface area contributed by atoms with Crippen LogP contribution in [0.2, 0.25) is 0 Å². The lowest BCUT2D eigenvalue weighted by Crippen LogP contribution is -2.56. The summed E-state index contributed by atoms with van der Waals surface area (Å²) >= 11 is 23.0. The molecule has 1 amide bonds. The molecule has 158 valence electrons. The van der Waals surface area contributed by atoms with Gasteiger partial charge < -0.3 is 16.0 Å². The zero-order valence-electron chi connectivity index (χ0n) is 15.2. The Morgan fingerprint density at radius 2 is 1.75 bits per heavy atom. The van der Waals surface area contributed by atoms with E-state index in [1.165, 1.54) is 24.3 Å². The number of hydrogen-bond donors (Lipinski definition) is 4. The molecule has 12 heteroatoms. The minimum atomic E-state index is -3.79. The number of thiocarbonyl (C=S) groups is 1. The largest absolute Gasteiger partial charge is 0.339 e. The van der Waals surface area contributed by atoms with Crippen molar-refractivity contribution in [2.75, 3.05) is 5.32 Å². The Labute approximate surface area is 185 Å². The standard InChI is InChI=1S/C16H23Cl3N4O3S2/c1-2-3-4-5-6-13(24)22-14(16(17,18)19)23-15(27)21-11-7-9-12(10-8-11)28(20,25)26/h7-10,14H,2-6H2,1H3,(H,22,24)(H2,20,25,26)(H2,21,23,27)/t14-/m1/s1. The molecule has 0 aliphatic carbocycles. The number of rotatable bonds is 9. The highest BCUT2D eigenvalue weighted by Gasteiger charge is 2.34. The van der Waals surface area contributed by atoms with Crippen LogP contribution in [0.15, 0.2) is 29.2 Å². The van der Waals surface area contributed by atoms with Crippen LogP contribution in [-0.4, -0.2) is 29.4 Å². The van der Waals surface area contributed by atoms with Gasteiger partial charge in [-0.25, -0.2) is 13.6 Å². The summed E-state index contributed by atoms with van der Waals surface area (Å²) in [6.45, 7) is 2.08. The Balaban J connectivity index is 2.66. The summed E-state index contributed by atoms with van der Waals surface area (Å²) in [4.78, 5) is 12.0. The quantitative estimate of drug-likeness (QED) is 0.183. The van der Waals surface area contributed by atoms with E-state index in [1.54, 1.807) is 0 Å². The summed E-state index contributed by atoms with van der Waals surface area (Å²) in [5.74, 6) is -0.264. The van der Waals surface area contributed by atoms with Crippen LogP contribution in [0.5, 0.6) is 0 Å². The fraction of sp³-hybridized carbons (Fsp3) is 0.500. The van der Waals surface area contributed by atoms with Gasteiger partial charge in [0.25, 0.3) is 0 Å². The molecule has 0 saturated carbocycles. The van der Waals surface area contributed by atoms with E-state index in [-0.39, 0.29) is 15.9 Å². The molecule has 1 rings (SSSR count). The molecule has 1 aromatic rings. The van der Waals surface area contributed by atoms with Crippen molar-refractivity contribution in [2.45, 2.75) is 53.9 Å². The molecule has 7 nitrogen and oxygen atoms in total. The highest BCUT2D eigenvalue weighted by molar-refractivity contribution is 7.89. The number of benzene rings is 1. The second-order valence-electron chi connectivity index (χ2n) is 6.02. The van der Waals surface area contributed by atoms with Crippen molar-refractivity contribution in [3.63, 3.8) is 0 Å². The number of carbonyl (C=O) groups excluding carboxylic acids is 1. The summed E-state index contributed by atoms with van der Waals surface area (Å²) in [6, 6.07) is 5.60. The van der Waals surface area contributed by atoms with Crippen molar-refractivity contribution < 1.29 is 13.2 Å². The molecule has 28 heavy (non-hydrogen) atoms. The number of unbranched alkanes of at least 4 members (excludes halogenated alkanes) is 3. The van der Waals surface area contributed by atoms with E-state index in [0.717, 1.165) is 25.7 Å².